The van der Waals surface area contributed by atoms with E-state index in [1.165, 1.54) is 4.31 Å². The highest BCUT2D eigenvalue weighted by molar-refractivity contribution is 7.93. The van der Waals surface area contributed by atoms with Crippen LogP contribution in [0.2, 0.25) is 0 Å². The van der Waals surface area contributed by atoms with Gasteiger partial charge in [0.25, 0.3) is 0 Å². The van der Waals surface area contributed by atoms with Gasteiger partial charge in [0.2, 0.25) is 10.0 Å². The Morgan fingerprint density at radius 1 is 1.44 bits per heavy atom. The third kappa shape index (κ3) is 2.05. The average molecular weight is 240 g/mol. The molecule has 0 unspecified atom stereocenters. The van der Waals surface area contributed by atoms with Gasteiger partial charge in [-0.15, -0.1) is 0 Å². The second-order valence-corrected chi connectivity index (χ2v) is 6.14. The summed E-state index contributed by atoms with van der Waals surface area (Å²) in [6.45, 7) is 2.46. The second kappa shape index (κ2) is 4.07. The molecule has 0 radical (unpaired) electrons. The van der Waals surface area contributed by atoms with Crippen LogP contribution in [0.4, 0.5) is 5.69 Å². The van der Waals surface area contributed by atoms with Crippen LogP contribution in [0.1, 0.15) is 24.9 Å². The topological polar surface area (TPSA) is 63.4 Å². The molecule has 0 bridgehead atoms. The fourth-order valence-electron chi connectivity index (χ4n) is 1.89. The van der Waals surface area contributed by atoms with Crippen LogP contribution in [0.3, 0.4) is 0 Å². The number of anilines is 1. The number of hydrogen-bond donors (Lipinski definition) is 1. The van der Waals surface area contributed by atoms with E-state index in [9.17, 15) is 8.42 Å². The van der Waals surface area contributed by atoms with Crippen molar-refractivity contribution < 1.29 is 8.42 Å². The molecule has 1 heterocycles. The molecule has 2 N–H and O–H groups in total. The van der Waals surface area contributed by atoms with E-state index < -0.39 is 10.0 Å². The first-order valence-electron chi connectivity index (χ1n) is 5.37. The smallest absolute Gasteiger partial charge is 0.235 e. The van der Waals surface area contributed by atoms with Gasteiger partial charge in [0.05, 0.1) is 11.4 Å². The van der Waals surface area contributed by atoms with Gasteiger partial charge in [-0.1, -0.05) is 12.1 Å². The molecule has 4 nitrogen and oxygen atoms in total. The quantitative estimate of drug-likeness (QED) is 0.846. The first kappa shape index (κ1) is 11.4. The summed E-state index contributed by atoms with van der Waals surface area (Å²) < 4.78 is 24.9. The highest BCUT2D eigenvalue weighted by Gasteiger charge is 2.28. The number of sulfonamides is 1. The van der Waals surface area contributed by atoms with Gasteiger partial charge in [-0.3, -0.25) is 4.31 Å². The van der Waals surface area contributed by atoms with E-state index in [1.807, 2.05) is 31.2 Å². The summed E-state index contributed by atoms with van der Waals surface area (Å²) >= 11 is 0. The van der Waals surface area contributed by atoms with E-state index in [2.05, 4.69) is 0 Å². The lowest BCUT2D eigenvalue weighted by Crippen LogP contribution is -2.25. The van der Waals surface area contributed by atoms with Crippen LogP contribution in [-0.4, -0.2) is 20.7 Å². The van der Waals surface area contributed by atoms with Gasteiger partial charge in [-0.2, -0.15) is 0 Å². The zero-order valence-corrected chi connectivity index (χ0v) is 10.1. The van der Waals surface area contributed by atoms with E-state index in [0.29, 0.717) is 13.0 Å². The minimum absolute atomic E-state index is 0.0785. The molecule has 1 aromatic rings. The van der Waals surface area contributed by atoms with Gasteiger partial charge in [0.15, 0.2) is 0 Å². The Bertz CT molecular complexity index is 483. The molecule has 1 aromatic carbocycles. The second-order valence-electron chi connectivity index (χ2n) is 4.13. The van der Waals surface area contributed by atoms with Crippen molar-refractivity contribution in [3.63, 3.8) is 0 Å². The minimum Gasteiger partial charge on any atom is -0.324 e. The molecule has 88 valence electrons. The van der Waals surface area contributed by atoms with Crippen molar-refractivity contribution >= 4 is 15.7 Å². The Labute approximate surface area is 96.1 Å². The zero-order chi connectivity index (χ0) is 11.8. The summed E-state index contributed by atoms with van der Waals surface area (Å²) in [5.41, 5.74) is 7.47. The summed E-state index contributed by atoms with van der Waals surface area (Å²) in [6.07, 6.45) is 0.699. The first-order chi connectivity index (χ1) is 7.50. The van der Waals surface area contributed by atoms with Gasteiger partial charge in [-0.05, 0) is 31.0 Å². The Morgan fingerprint density at radius 2 is 2.19 bits per heavy atom. The van der Waals surface area contributed by atoms with Crippen molar-refractivity contribution in [1.82, 2.24) is 0 Å². The molecule has 16 heavy (non-hydrogen) atoms. The van der Waals surface area contributed by atoms with Crippen molar-refractivity contribution in [2.45, 2.75) is 19.4 Å². The average Bonchev–Trinajstić information content (AvgIpc) is 2.58. The van der Waals surface area contributed by atoms with Crippen LogP contribution >= 0.6 is 0 Å². The SMILES string of the molecule is C[C@H](N)c1cccc(N2CCCS2(=O)=O)c1. The maximum absolute atomic E-state index is 11.7. The molecule has 1 atom stereocenters. The molecular formula is C11H16N2O2S. The van der Waals surface area contributed by atoms with Crippen LogP contribution < -0.4 is 10.0 Å². The summed E-state index contributed by atoms with van der Waals surface area (Å²) in [5, 5.41) is 0. The number of rotatable bonds is 2. The van der Waals surface area contributed by atoms with E-state index in [0.717, 1.165) is 11.3 Å². The Hall–Kier alpha value is -1.07. The number of benzene rings is 1. The van der Waals surface area contributed by atoms with E-state index >= 15 is 0 Å². The lowest BCUT2D eigenvalue weighted by Gasteiger charge is -2.18. The van der Waals surface area contributed by atoms with Crippen LogP contribution in [0.5, 0.6) is 0 Å². The summed E-state index contributed by atoms with van der Waals surface area (Å²) in [7, 11) is -3.09. The van der Waals surface area contributed by atoms with Crippen molar-refractivity contribution in [1.29, 1.82) is 0 Å². The van der Waals surface area contributed by atoms with E-state index in [-0.39, 0.29) is 11.8 Å². The molecule has 0 saturated carbocycles. The largest absolute Gasteiger partial charge is 0.324 e. The van der Waals surface area contributed by atoms with Crippen molar-refractivity contribution in [3.05, 3.63) is 29.8 Å². The summed E-state index contributed by atoms with van der Waals surface area (Å²) in [4.78, 5) is 0. The predicted molar refractivity (Wildman–Crippen MR) is 64.8 cm³/mol. The molecule has 1 fully saturated rings. The zero-order valence-electron chi connectivity index (χ0n) is 9.26. The lowest BCUT2D eigenvalue weighted by atomic mass is 10.1. The first-order valence-corrected chi connectivity index (χ1v) is 6.97. The molecule has 5 heteroatoms. The standard InChI is InChI=1S/C11H16N2O2S/c1-9(12)10-4-2-5-11(8-10)13-6-3-7-16(13,14)15/h2,4-5,8-9H,3,6-7,12H2,1H3/t9-/m0/s1. The van der Waals surface area contributed by atoms with Gasteiger partial charge in [-0.25, -0.2) is 8.42 Å². The Morgan fingerprint density at radius 3 is 2.75 bits per heavy atom. The Kier molecular flexibility index (Phi) is 2.90. The van der Waals surface area contributed by atoms with Gasteiger partial charge in [0.1, 0.15) is 0 Å². The molecule has 0 aromatic heterocycles. The third-order valence-corrected chi connectivity index (χ3v) is 4.65. The van der Waals surface area contributed by atoms with Crippen LogP contribution in [-0.2, 0) is 10.0 Å². The molecule has 0 spiro atoms. The molecule has 0 amide bonds. The molecule has 2 rings (SSSR count). The van der Waals surface area contributed by atoms with Crippen molar-refractivity contribution in [2.75, 3.05) is 16.6 Å². The van der Waals surface area contributed by atoms with E-state index in [4.69, 9.17) is 5.73 Å². The fraction of sp³-hybridized carbons (Fsp3) is 0.455. The highest BCUT2D eigenvalue weighted by atomic mass is 32.2. The van der Waals surface area contributed by atoms with Crippen molar-refractivity contribution in [3.8, 4) is 0 Å². The van der Waals surface area contributed by atoms with Gasteiger partial charge >= 0.3 is 0 Å². The molecule has 0 aliphatic carbocycles. The number of nitrogens with two attached hydrogens (primary N) is 1. The maximum Gasteiger partial charge on any atom is 0.235 e. The predicted octanol–water partition coefficient (Wildman–Crippen LogP) is 1.25. The van der Waals surface area contributed by atoms with Crippen LogP contribution in [0, 0.1) is 0 Å². The number of hydrogen-bond acceptors (Lipinski definition) is 3. The van der Waals surface area contributed by atoms with E-state index in [1.54, 1.807) is 0 Å². The summed E-state index contributed by atoms with van der Waals surface area (Å²) in [6, 6.07) is 7.35. The normalized spacial score (nSPS) is 21.0. The molecular weight excluding hydrogens is 224 g/mol. The lowest BCUT2D eigenvalue weighted by molar-refractivity contribution is 0.599. The monoisotopic (exact) mass is 240 g/mol. The van der Waals surface area contributed by atoms with Crippen LogP contribution in [0.25, 0.3) is 0 Å². The fourth-order valence-corrected chi connectivity index (χ4v) is 3.45. The van der Waals surface area contributed by atoms with Crippen LogP contribution in [0.15, 0.2) is 24.3 Å². The minimum atomic E-state index is -3.09. The third-order valence-electron chi connectivity index (χ3n) is 2.78. The van der Waals surface area contributed by atoms with Gasteiger partial charge in [0, 0.05) is 12.6 Å². The molecule has 1 saturated heterocycles. The Balaban J connectivity index is 2.38. The highest BCUT2D eigenvalue weighted by Crippen LogP contribution is 2.25. The van der Waals surface area contributed by atoms with Crippen molar-refractivity contribution in [2.24, 2.45) is 5.73 Å². The van der Waals surface area contributed by atoms with Gasteiger partial charge < -0.3 is 5.73 Å². The molecule has 1 aliphatic heterocycles. The number of nitrogens with zero attached hydrogens (tertiary/aromatic N) is 1. The summed E-state index contributed by atoms with van der Waals surface area (Å²) in [5.74, 6) is 0.245. The molecule has 1 aliphatic rings. The maximum atomic E-state index is 11.7.